The number of nitrogens with zero attached hydrogens (tertiary/aromatic N) is 4. The van der Waals surface area contributed by atoms with E-state index in [0.717, 1.165) is 43.5 Å². The first-order chi connectivity index (χ1) is 12.3. The maximum atomic E-state index is 4.87. The topological polar surface area (TPSA) is 66.6 Å². The zero-order valence-electron chi connectivity index (χ0n) is 15.9. The predicted octanol–water partition coefficient (Wildman–Crippen LogP) is 3.42. The standard InChI is InChI=1S/C19H30N6.HI/c1-3-19(11-6-7-12-19)15-22-18(20-4-2)21-13-10-17-24-23-16-9-5-8-14-25(16)17;/h5,8-9,14H,3-4,6-7,10-13,15H2,1-2H3,(H2,20,21,22);1H. The predicted molar refractivity (Wildman–Crippen MR) is 117 cm³/mol. The Morgan fingerprint density at radius 3 is 2.73 bits per heavy atom. The van der Waals surface area contributed by atoms with Crippen LogP contribution in [0.15, 0.2) is 29.4 Å². The number of hydrogen-bond donors (Lipinski definition) is 2. The number of guanidine groups is 1. The fourth-order valence-corrected chi connectivity index (χ4v) is 3.69. The van der Waals surface area contributed by atoms with Gasteiger partial charge in [-0.05, 0) is 43.7 Å². The van der Waals surface area contributed by atoms with Crippen LogP contribution in [0.25, 0.3) is 5.65 Å². The molecule has 1 saturated carbocycles. The van der Waals surface area contributed by atoms with Gasteiger partial charge in [-0.3, -0.25) is 9.39 Å². The van der Waals surface area contributed by atoms with Crippen molar-refractivity contribution in [3.05, 3.63) is 30.2 Å². The fourth-order valence-electron chi connectivity index (χ4n) is 3.69. The van der Waals surface area contributed by atoms with Gasteiger partial charge in [-0.25, -0.2) is 0 Å². The highest BCUT2D eigenvalue weighted by Gasteiger charge is 2.31. The van der Waals surface area contributed by atoms with Gasteiger partial charge < -0.3 is 10.6 Å². The molecule has 7 heteroatoms. The minimum atomic E-state index is 0. The Morgan fingerprint density at radius 1 is 1.19 bits per heavy atom. The number of rotatable bonds is 7. The summed E-state index contributed by atoms with van der Waals surface area (Å²) in [4.78, 5) is 4.87. The van der Waals surface area contributed by atoms with Crippen LogP contribution < -0.4 is 10.6 Å². The van der Waals surface area contributed by atoms with E-state index in [0.29, 0.717) is 5.41 Å². The molecule has 0 saturated heterocycles. The average molecular weight is 470 g/mol. The largest absolute Gasteiger partial charge is 0.357 e. The average Bonchev–Trinajstić information content (AvgIpc) is 3.28. The first kappa shape index (κ1) is 20.9. The third-order valence-electron chi connectivity index (χ3n) is 5.36. The number of pyridine rings is 1. The molecule has 0 atom stereocenters. The molecule has 0 radical (unpaired) electrons. The van der Waals surface area contributed by atoms with Gasteiger partial charge in [0.2, 0.25) is 0 Å². The van der Waals surface area contributed by atoms with Crippen molar-refractivity contribution in [2.45, 2.75) is 52.4 Å². The van der Waals surface area contributed by atoms with Crippen molar-refractivity contribution in [3.8, 4) is 0 Å². The third-order valence-corrected chi connectivity index (χ3v) is 5.36. The van der Waals surface area contributed by atoms with Gasteiger partial charge in [-0.2, -0.15) is 0 Å². The van der Waals surface area contributed by atoms with Gasteiger partial charge in [-0.1, -0.05) is 25.8 Å². The number of nitrogens with one attached hydrogen (secondary N) is 2. The Labute approximate surface area is 173 Å². The first-order valence-corrected chi connectivity index (χ1v) is 9.57. The third kappa shape index (κ3) is 5.08. The van der Waals surface area contributed by atoms with Crippen LogP contribution in [0.3, 0.4) is 0 Å². The highest BCUT2D eigenvalue weighted by Crippen LogP contribution is 2.41. The summed E-state index contributed by atoms with van der Waals surface area (Å²) in [7, 11) is 0. The maximum absolute atomic E-state index is 4.87. The minimum Gasteiger partial charge on any atom is -0.357 e. The van der Waals surface area contributed by atoms with Crippen LogP contribution in [0.4, 0.5) is 0 Å². The summed E-state index contributed by atoms with van der Waals surface area (Å²) in [6, 6.07) is 5.96. The Morgan fingerprint density at radius 2 is 2.00 bits per heavy atom. The minimum absolute atomic E-state index is 0. The molecular weight excluding hydrogens is 439 g/mol. The van der Waals surface area contributed by atoms with E-state index in [1.165, 1.54) is 32.1 Å². The summed E-state index contributed by atoms with van der Waals surface area (Å²) in [5, 5.41) is 15.3. The Kier molecular flexibility index (Phi) is 8.12. The molecule has 26 heavy (non-hydrogen) atoms. The van der Waals surface area contributed by atoms with E-state index in [1.807, 2.05) is 28.8 Å². The lowest BCUT2D eigenvalue weighted by atomic mass is 9.84. The van der Waals surface area contributed by atoms with Crippen molar-refractivity contribution in [2.75, 3.05) is 19.6 Å². The van der Waals surface area contributed by atoms with Crippen molar-refractivity contribution < 1.29 is 0 Å². The Balaban J connectivity index is 0.00000243. The van der Waals surface area contributed by atoms with E-state index in [4.69, 9.17) is 4.99 Å². The van der Waals surface area contributed by atoms with Gasteiger partial charge >= 0.3 is 0 Å². The maximum Gasteiger partial charge on any atom is 0.191 e. The number of aromatic nitrogens is 3. The lowest BCUT2D eigenvalue weighted by Crippen LogP contribution is -2.39. The van der Waals surface area contributed by atoms with Crippen molar-refractivity contribution in [2.24, 2.45) is 10.4 Å². The molecule has 0 bridgehead atoms. The van der Waals surface area contributed by atoms with Crippen LogP contribution in [0.2, 0.25) is 0 Å². The SMILES string of the molecule is CCNC(=NCC1(CC)CCCC1)NCCc1nnc2ccccn12.I. The van der Waals surface area contributed by atoms with Gasteiger partial charge in [0, 0.05) is 32.3 Å². The summed E-state index contributed by atoms with van der Waals surface area (Å²) in [5.41, 5.74) is 1.31. The van der Waals surface area contributed by atoms with Crippen molar-refractivity contribution >= 4 is 35.6 Å². The highest BCUT2D eigenvalue weighted by atomic mass is 127. The Bertz CT molecular complexity index is 705. The van der Waals surface area contributed by atoms with E-state index < -0.39 is 0 Å². The van der Waals surface area contributed by atoms with Crippen molar-refractivity contribution in [3.63, 3.8) is 0 Å². The summed E-state index contributed by atoms with van der Waals surface area (Å²) in [5.74, 6) is 1.89. The lowest BCUT2D eigenvalue weighted by molar-refractivity contribution is 0.297. The van der Waals surface area contributed by atoms with Gasteiger partial charge in [0.05, 0.1) is 0 Å². The molecule has 0 amide bonds. The summed E-state index contributed by atoms with van der Waals surface area (Å²) in [6.07, 6.45) is 9.39. The number of fused-ring (bicyclic) bond motifs is 1. The van der Waals surface area contributed by atoms with Gasteiger partial charge in [0.1, 0.15) is 5.82 Å². The molecule has 2 heterocycles. The van der Waals surface area contributed by atoms with Crippen LogP contribution in [-0.4, -0.2) is 40.2 Å². The monoisotopic (exact) mass is 470 g/mol. The Hall–Kier alpha value is -1.38. The molecule has 144 valence electrons. The zero-order valence-corrected chi connectivity index (χ0v) is 18.2. The van der Waals surface area contributed by atoms with Crippen LogP contribution in [0.5, 0.6) is 0 Å². The molecule has 3 rings (SSSR count). The second-order valence-electron chi connectivity index (χ2n) is 6.98. The van der Waals surface area contributed by atoms with E-state index in [1.54, 1.807) is 0 Å². The second kappa shape index (κ2) is 10.1. The number of halogens is 1. The van der Waals surface area contributed by atoms with Crippen LogP contribution in [0.1, 0.15) is 51.8 Å². The summed E-state index contributed by atoms with van der Waals surface area (Å²) in [6.45, 7) is 7.00. The molecule has 0 spiro atoms. The number of hydrogen-bond acceptors (Lipinski definition) is 3. The lowest BCUT2D eigenvalue weighted by Gasteiger charge is -2.25. The van der Waals surface area contributed by atoms with Gasteiger partial charge in [0.25, 0.3) is 0 Å². The smallest absolute Gasteiger partial charge is 0.191 e. The highest BCUT2D eigenvalue weighted by molar-refractivity contribution is 14.0. The van der Waals surface area contributed by atoms with E-state index in [9.17, 15) is 0 Å². The molecule has 1 aliphatic rings. The van der Waals surface area contributed by atoms with Crippen molar-refractivity contribution in [1.82, 2.24) is 25.2 Å². The van der Waals surface area contributed by atoms with Gasteiger partial charge in [-0.15, -0.1) is 34.2 Å². The van der Waals surface area contributed by atoms with Crippen molar-refractivity contribution in [1.29, 1.82) is 0 Å². The summed E-state index contributed by atoms with van der Waals surface area (Å²) < 4.78 is 2.04. The quantitative estimate of drug-likeness (QED) is 0.370. The van der Waals surface area contributed by atoms with Crippen LogP contribution in [-0.2, 0) is 6.42 Å². The molecule has 0 aliphatic heterocycles. The molecule has 0 aromatic carbocycles. The zero-order chi connectivity index (χ0) is 17.5. The molecule has 1 fully saturated rings. The van der Waals surface area contributed by atoms with Crippen LogP contribution in [0, 0.1) is 5.41 Å². The van der Waals surface area contributed by atoms with Gasteiger partial charge in [0.15, 0.2) is 11.6 Å². The van der Waals surface area contributed by atoms with Crippen LogP contribution >= 0.6 is 24.0 Å². The first-order valence-electron chi connectivity index (χ1n) is 9.57. The van der Waals surface area contributed by atoms with E-state index >= 15 is 0 Å². The molecule has 6 nitrogen and oxygen atoms in total. The van der Waals surface area contributed by atoms with E-state index in [2.05, 4.69) is 34.7 Å². The molecule has 2 N–H and O–H groups in total. The normalized spacial score (nSPS) is 16.5. The molecule has 2 aromatic rings. The summed E-state index contributed by atoms with van der Waals surface area (Å²) >= 11 is 0. The van der Waals surface area contributed by atoms with E-state index in [-0.39, 0.29) is 24.0 Å². The molecule has 2 aromatic heterocycles. The molecule has 0 unspecified atom stereocenters. The second-order valence-corrected chi connectivity index (χ2v) is 6.98. The molecular formula is C19H31IN6. The molecule has 1 aliphatic carbocycles. The fraction of sp³-hybridized carbons (Fsp3) is 0.632. The number of aliphatic imine (C=N–C) groups is 1.